The second-order valence-electron chi connectivity index (χ2n) is 4.19. The fourth-order valence-corrected chi connectivity index (χ4v) is 1.80. The van der Waals surface area contributed by atoms with Gasteiger partial charge in [-0.3, -0.25) is 0 Å². The number of ether oxygens (including phenoxy) is 1. The van der Waals surface area contributed by atoms with E-state index in [0.717, 1.165) is 6.42 Å². The Hall–Kier alpha value is -0.240. The van der Waals surface area contributed by atoms with Crippen LogP contribution in [0.1, 0.15) is 13.3 Å². The summed E-state index contributed by atoms with van der Waals surface area (Å²) in [7, 11) is 0. The Kier molecular flexibility index (Phi) is 5.10. The van der Waals surface area contributed by atoms with E-state index in [1.807, 2.05) is 6.92 Å². The van der Waals surface area contributed by atoms with Crippen LogP contribution in [0.5, 0.6) is 0 Å². The van der Waals surface area contributed by atoms with Crippen LogP contribution >= 0.6 is 0 Å². The summed E-state index contributed by atoms with van der Waals surface area (Å²) in [4.78, 5) is 0. The summed E-state index contributed by atoms with van der Waals surface area (Å²) in [5.74, 6) is 0.156. The molecule has 0 saturated carbocycles. The van der Waals surface area contributed by atoms with Gasteiger partial charge in [0.15, 0.2) is 0 Å². The summed E-state index contributed by atoms with van der Waals surface area (Å²) in [6, 6.07) is 0. The molecule has 0 aromatic rings. The minimum atomic E-state index is -1.58. The zero-order valence-electron chi connectivity index (χ0n) is 9.23. The molecule has 1 rings (SSSR count). The molecule has 0 bridgehead atoms. The van der Waals surface area contributed by atoms with Crippen LogP contribution in [-0.4, -0.2) is 69.3 Å². The van der Waals surface area contributed by atoms with E-state index in [-0.39, 0.29) is 5.92 Å². The number of aliphatic hydroxyl groups excluding tert-OH is 5. The third-order valence-corrected chi connectivity index (χ3v) is 3.11. The second-order valence-corrected chi connectivity index (χ2v) is 4.19. The zero-order valence-corrected chi connectivity index (χ0v) is 9.23. The van der Waals surface area contributed by atoms with Gasteiger partial charge in [0.25, 0.3) is 0 Å². The van der Waals surface area contributed by atoms with Crippen molar-refractivity contribution in [3.05, 3.63) is 0 Å². The molecule has 0 aliphatic carbocycles. The fraction of sp³-hybridized carbons (Fsp3) is 1.00. The molecule has 16 heavy (non-hydrogen) atoms. The van der Waals surface area contributed by atoms with E-state index in [9.17, 15) is 15.3 Å². The van der Waals surface area contributed by atoms with Gasteiger partial charge in [0.1, 0.15) is 24.4 Å². The third-order valence-electron chi connectivity index (χ3n) is 3.11. The lowest BCUT2D eigenvalue weighted by Gasteiger charge is -2.41. The molecule has 1 heterocycles. The van der Waals surface area contributed by atoms with Crippen LogP contribution in [0.25, 0.3) is 0 Å². The lowest BCUT2D eigenvalue weighted by Crippen LogP contribution is -2.57. The van der Waals surface area contributed by atoms with Crippen molar-refractivity contribution < 1.29 is 30.3 Å². The van der Waals surface area contributed by atoms with Gasteiger partial charge < -0.3 is 30.3 Å². The van der Waals surface area contributed by atoms with Crippen LogP contribution in [0.15, 0.2) is 0 Å². The van der Waals surface area contributed by atoms with E-state index in [1.165, 1.54) is 0 Å². The summed E-state index contributed by atoms with van der Waals surface area (Å²) in [6.45, 7) is 1.80. The summed E-state index contributed by atoms with van der Waals surface area (Å²) in [5.41, 5.74) is 0. The largest absolute Gasteiger partial charge is 0.394 e. The molecule has 1 aliphatic rings. The number of aliphatic hydroxyl groups is 5. The normalized spacial score (nSPS) is 32.6. The van der Waals surface area contributed by atoms with Crippen molar-refractivity contribution in [1.29, 1.82) is 0 Å². The molecule has 1 aliphatic heterocycles. The Morgan fingerprint density at radius 3 is 2.19 bits per heavy atom. The maximum absolute atomic E-state index is 9.73. The zero-order chi connectivity index (χ0) is 12.3. The maximum Gasteiger partial charge on any atom is 0.111 e. The van der Waals surface area contributed by atoms with E-state index in [1.54, 1.807) is 0 Å². The van der Waals surface area contributed by atoms with Crippen LogP contribution < -0.4 is 0 Å². The van der Waals surface area contributed by atoms with Crippen molar-refractivity contribution in [3.8, 4) is 0 Å². The molecule has 6 atom stereocenters. The Morgan fingerprint density at radius 1 is 1.19 bits per heavy atom. The Labute approximate surface area is 94.1 Å². The molecular formula is C10H20O6. The SMILES string of the molecule is CCC1COC1[C@H](O)[C@@H](O)[C@H](O)[C@H](O)CO. The molecule has 0 radical (unpaired) electrons. The minimum Gasteiger partial charge on any atom is -0.394 e. The van der Waals surface area contributed by atoms with E-state index < -0.39 is 37.1 Å². The smallest absolute Gasteiger partial charge is 0.111 e. The highest BCUT2D eigenvalue weighted by Crippen LogP contribution is 2.28. The first kappa shape index (κ1) is 13.8. The molecule has 6 nitrogen and oxygen atoms in total. The minimum absolute atomic E-state index is 0.156. The quantitative estimate of drug-likeness (QED) is 0.359. The van der Waals surface area contributed by atoms with E-state index in [4.69, 9.17) is 14.9 Å². The topological polar surface area (TPSA) is 110 Å². The third kappa shape index (κ3) is 2.71. The fourth-order valence-electron chi connectivity index (χ4n) is 1.80. The molecule has 6 heteroatoms. The van der Waals surface area contributed by atoms with Crippen LogP contribution in [0.4, 0.5) is 0 Å². The standard InChI is InChI=1S/C10H20O6/c1-2-5-4-16-10(5)9(15)8(14)7(13)6(12)3-11/h5-15H,2-4H2,1H3/t5?,6-,7-,8+,9-,10?/m1/s1. The van der Waals surface area contributed by atoms with Gasteiger partial charge >= 0.3 is 0 Å². The van der Waals surface area contributed by atoms with E-state index in [2.05, 4.69) is 0 Å². The Bertz CT molecular complexity index is 197. The summed E-state index contributed by atoms with van der Waals surface area (Å²) in [5, 5.41) is 46.5. The van der Waals surface area contributed by atoms with Gasteiger partial charge in [0, 0.05) is 5.92 Å². The highest BCUT2D eigenvalue weighted by atomic mass is 16.5. The summed E-state index contributed by atoms with van der Waals surface area (Å²) < 4.78 is 5.12. The van der Waals surface area contributed by atoms with Crippen LogP contribution in [0.3, 0.4) is 0 Å². The molecular weight excluding hydrogens is 216 g/mol. The van der Waals surface area contributed by atoms with Gasteiger partial charge in [-0.1, -0.05) is 6.92 Å². The molecule has 0 spiro atoms. The van der Waals surface area contributed by atoms with Crippen molar-refractivity contribution in [1.82, 2.24) is 0 Å². The van der Waals surface area contributed by atoms with Crippen molar-refractivity contribution >= 4 is 0 Å². The molecule has 1 fully saturated rings. The van der Waals surface area contributed by atoms with Gasteiger partial charge in [-0.25, -0.2) is 0 Å². The van der Waals surface area contributed by atoms with Crippen LogP contribution in [0.2, 0.25) is 0 Å². The van der Waals surface area contributed by atoms with Crippen LogP contribution in [-0.2, 0) is 4.74 Å². The molecule has 1 saturated heterocycles. The van der Waals surface area contributed by atoms with Crippen molar-refractivity contribution in [2.24, 2.45) is 5.92 Å². The van der Waals surface area contributed by atoms with Gasteiger partial charge in [0.2, 0.25) is 0 Å². The molecule has 5 N–H and O–H groups in total. The van der Waals surface area contributed by atoms with Crippen molar-refractivity contribution in [2.75, 3.05) is 13.2 Å². The summed E-state index contributed by atoms with van der Waals surface area (Å²) in [6.07, 6.45) is -5.53. The van der Waals surface area contributed by atoms with Crippen molar-refractivity contribution in [3.63, 3.8) is 0 Å². The second kappa shape index (κ2) is 5.90. The van der Waals surface area contributed by atoms with Crippen LogP contribution in [0, 0.1) is 5.92 Å². The van der Waals surface area contributed by atoms with Crippen molar-refractivity contribution in [2.45, 2.75) is 43.9 Å². The monoisotopic (exact) mass is 236 g/mol. The number of hydrogen-bond donors (Lipinski definition) is 5. The average Bonchev–Trinajstić information content (AvgIpc) is 2.25. The number of hydrogen-bond acceptors (Lipinski definition) is 6. The lowest BCUT2D eigenvalue weighted by molar-refractivity contribution is -0.211. The highest BCUT2D eigenvalue weighted by molar-refractivity contribution is 4.91. The molecule has 0 amide bonds. The molecule has 0 aromatic carbocycles. The van der Waals surface area contributed by atoms with Gasteiger partial charge in [-0.2, -0.15) is 0 Å². The first-order chi connectivity index (χ1) is 7.52. The Balaban J connectivity index is 2.49. The molecule has 0 aromatic heterocycles. The first-order valence-corrected chi connectivity index (χ1v) is 5.47. The van der Waals surface area contributed by atoms with Gasteiger partial charge in [-0.15, -0.1) is 0 Å². The van der Waals surface area contributed by atoms with E-state index in [0.29, 0.717) is 6.61 Å². The van der Waals surface area contributed by atoms with Gasteiger partial charge in [-0.05, 0) is 6.42 Å². The maximum atomic E-state index is 9.73. The first-order valence-electron chi connectivity index (χ1n) is 5.47. The van der Waals surface area contributed by atoms with Gasteiger partial charge in [0.05, 0.1) is 19.3 Å². The molecule has 96 valence electrons. The number of rotatable bonds is 6. The molecule has 2 unspecified atom stereocenters. The summed E-state index contributed by atoms with van der Waals surface area (Å²) >= 11 is 0. The average molecular weight is 236 g/mol. The predicted octanol–water partition coefficient (Wildman–Crippen LogP) is -2.15. The van der Waals surface area contributed by atoms with E-state index >= 15 is 0 Å². The predicted molar refractivity (Wildman–Crippen MR) is 54.6 cm³/mol. The Morgan fingerprint density at radius 2 is 1.81 bits per heavy atom. The lowest BCUT2D eigenvalue weighted by atomic mass is 9.86. The highest BCUT2D eigenvalue weighted by Gasteiger charge is 2.42.